The summed E-state index contributed by atoms with van der Waals surface area (Å²) >= 11 is 1.53. The standard InChI is InChI=1S/C19H16N4OS/c1-23-17(24)19(22-18(23)20,16-7-9-25-12-16)15-6-2-4-13(10-15)14-5-3-8-21-11-14/h2-12H,1H3,(H2,20,22)/t19-/m0/s1. The molecule has 0 bridgehead atoms. The number of likely N-dealkylation sites (N-methyl/N-ethyl adjacent to an activating group) is 1. The molecule has 25 heavy (non-hydrogen) atoms. The molecule has 1 aromatic carbocycles. The number of hydrogen-bond donors (Lipinski definition) is 1. The largest absolute Gasteiger partial charge is 0.369 e. The van der Waals surface area contributed by atoms with Crippen molar-refractivity contribution in [3.8, 4) is 11.1 Å². The number of amides is 1. The summed E-state index contributed by atoms with van der Waals surface area (Å²) in [5, 5.41) is 3.89. The lowest BCUT2D eigenvalue weighted by molar-refractivity contribution is -0.129. The van der Waals surface area contributed by atoms with E-state index in [1.54, 1.807) is 19.4 Å². The highest BCUT2D eigenvalue weighted by Gasteiger charge is 2.49. The monoisotopic (exact) mass is 348 g/mol. The molecular formula is C19H16N4OS. The first-order valence-electron chi connectivity index (χ1n) is 7.80. The molecule has 4 rings (SSSR count). The zero-order valence-electron chi connectivity index (χ0n) is 13.6. The van der Waals surface area contributed by atoms with Gasteiger partial charge in [-0.3, -0.25) is 14.7 Å². The number of hydrogen-bond acceptors (Lipinski definition) is 5. The van der Waals surface area contributed by atoms with E-state index in [1.165, 1.54) is 16.2 Å². The van der Waals surface area contributed by atoms with Crippen molar-refractivity contribution in [2.45, 2.75) is 5.54 Å². The normalized spacial score (nSPS) is 20.0. The average Bonchev–Trinajstić information content (AvgIpc) is 3.27. The number of carbonyl (C=O) groups is 1. The van der Waals surface area contributed by atoms with Crippen LogP contribution in [0.1, 0.15) is 11.1 Å². The maximum atomic E-state index is 13.1. The van der Waals surface area contributed by atoms with E-state index in [1.807, 2.05) is 53.2 Å². The van der Waals surface area contributed by atoms with Crippen LogP contribution in [-0.4, -0.2) is 28.8 Å². The highest BCUT2D eigenvalue weighted by atomic mass is 32.1. The number of thiophene rings is 1. The first-order valence-corrected chi connectivity index (χ1v) is 8.74. The minimum Gasteiger partial charge on any atom is -0.369 e. The van der Waals surface area contributed by atoms with Crippen LogP contribution in [0.15, 0.2) is 70.6 Å². The lowest BCUT2D eigenvalue weighted by Gasteiger charge is -2.25. The number of carbonyl (C=O) groups excluding carboxylic acids is 1. The zero-order valence-corrected chi connectivity index (χ0v) is 14.4. The number of nitrogens with two attached hydrogens (primary N) is 1. The van der Waals surface area contributed by atoms with Crippen molar-refractivity contribution in [1.82, 2.24) is 9.88 Å². The summed E-state index contributed by atoms with van der Waals surface area (Å²) in [5.41, 5.74) is 8.45. The molecule has 0 saturated carbocycles. The van der Waals surface area contributed by atoms with Gasteiger partial charge < -0.3 is 5.73 Å². The van der Waals surface area contributed by atoms with Crippen LogP contribution in [0.25, 0.3) is 11.1 Å². The molecule has 124 valence electrons. The van der Waals surface area contributed by atoms with Gasteiger partial charge in [0.05, 0.1) is 0 Å². The lowest BCUT2D eigenvalue weighted by atomic mass is 9.83. The quantitative estimate of drug-likeness (QED) is 0.791. The molecule has 0 radical (unpaired) electrons. The number of benzene rings is 1. The van der Waals surface area contributed by atoms with Crippen LogP contribution < -0.4 is 5.73 Å². The SMILES string of the molecule is CN1C(=O)[C@@](c2ccsc2)(c2cccc(-c3cccnc3)c2)N=C1N. The lowest BCUT2D eigenvalue weighted by Crippen LogP contribution is -2.40. The molecule has 1 amide bonds. The van der Waals surface area contributed by atoms with E-state index < -0.39 is 5.54 Å². The predicted molar refractivity (Wildman–Crippen MR) is 99.2 cm³/mol. The summed E-state index contributed by atoms with van der Waals surface area (Å²) in [7, 11) is 1.65. The summed E-state index contributed by atoms with van der Waals surface area (Å²) in [6, 6.07) is 13.6. The maximum Gasteiger partial charge on any atom is 0.266 e. The molecule has 6 heteroatoms. The molecule has 3 aromatic rings. The Bertz CT molecular complexity index is 953. The van der Waals surface area contributed by atoms with Gasteiger partial charge >= 0.3 is 0 Å². The minimum absolute atomic E-state index is 0.147. The summed E-state index contributed by atoms with van der Waals surface area (Å²) < 4.78 is 0. The van der Waals surface area contributed by atoms with Gasteiger partial charge in [-0.2, -0.15) is 11.3 Å². The van der Waals surface area contributed by atoms with Crippen LogP contribution in [0.5, 0.6) is 0 Å². The van der Waals surface area contributed by atoms with Crippen molar-refractivity contribution in [1.29, 1.82) is 0 Å². The second-order valence-electron chi connectivity index (χ2n) is 5.88. The predicted octanol–water partition coefficient (Wildman–Crippen LogP) is 2.84. The van der Waals surface area contributed by atoms with E-state index in [0.29, 0.717) is 0 Å². The summed E-state index contributed by atoms with van der Waals surface area (Å²) in [6.07, 6.45) is 3.54. The maximum absolute atomic E-state index is 13.1. The van der Waals surface area contributed by atoms with Crippen molar-refractivity contribution in [2.24, 2.45) is 10.7 Å². The molecule has 0 unspecified atom stereocenters. The third-order valence-corrected chi connectivity index (χ3v) is 5.14. The Morgan fingerprint density at radius 2 is 1.96 bits per heavy atom. The van der Waals surface area contributed by atoms with Gasteiger partial charge in [0.1, 0.15) is 0 Å². The smallest absolute Gasteiger partial charge is 0.266 e. The molecule has 1 aliphatic heterocycles. The molecule has 1 atom stereocenters. The Balaban J connectivity index is 1.93. The van der Waals surface area contributed by atoms with Crippen LogP contribution in [0.3, 0.4) is 0 Å². The van der Waals surface area contributed by atoms with Crippen molar-refractivity contribution < 1.29 is 4.79 Å². The Hall–Kier alpha value is -2.99. The molecule has 2 N–H and O–H groups in total. The van der Waals surface area contributed by atoms with E-state index in [9.17, 15) is 4.79 Å². The van der Waals surface area contributed by atoms with E-state index in [-0.39, 0.29) is 11.9 Å². The molecule has 1 aliphatic rings. The molecule has 3 heterocycles. The summed E-state index contributed by atoms with van der Waals surface area (Å²) in [4.78, 5) is 23.3. The van der Waals surface area contributed by atoms with Gasteiger partial charge in [-0.25, -0.2) is 4.99 Å². The van der Waals surface area contributed by atoms with Crippen LogP contribution in [-0.2, 0) is 10.3 Å². The third-order valence-electron chi connectivity index (χ3n) is 4.45. The van der Waals surface area contributed by atoms with Crippen LogP contribution >= 0.6 is 11.3 Å². The first kappa shape index (κ1) is 15.5. The summed E-state index contributed by atoms with van der Waals surface area (Å²) in [6.45, 7) is 0. The van der Waals surface area contributed by atoms with Crippen LogP contribution in [0.2, 0.25) is 0 Å². The third kappa shape index (κ3) is 2.34. The van der Waals surface area contributed by atoms with Crippen molar-refractivity contribution in [3.05, 3.63) is 76.7 Å². The number of pyridine rings is 1. The molecule has 0 aliphatic carbocycles. The van der Waals surface area contributed by atoms with Gasteiger partial charge in [-0.15, -0.1) is 0 Å². The fourth-order valence-electron chi connectivity index (χ4n) is 3.11. The Kier molecular flexibility index (Phi) is 3.62. The van der Waals surface area contributed by atoms with Gasteiger partial charge in [0.15, 0.2) is 11.5 Å². The molecule has 0 saturated heterocycles. The van der Waals surface area contributed by atoms with E-state index >= 15 is 0 Å². The minimum atomic E-state index is -1.13. The Morgan fingerprint density at radius 3 is 2.60 bits per heavy atom. The molecular weight excluding hydrogens is 332 g/mol. The van der Waals surface area contributed by atoms with E-state index in [4.69, 9.17) is 5.73 Å². The Labute approximate surface area is 149 Å². The van der Waals surface area contributed by atoms with Crippen molar-refractivity contribution >= 4 is 23.2 Å². The van der Waals surface area contributed by atoms with Crippen LogP contribution in [0, 0.1) is 0 Å². The molecule has 2 aromatic heterocycles. The van der Waals surface area contributed by atoms with Gasteiger partial charge in [0.2, 0.25) is 0 Å². The topological polar surface area (TPSA) is 71.6 Å². The fraction of sp³-hybridized carbons (Fsp3) is 0.105. The second-order valence-corrected chi connectivity index (χ2v) is 6.66. The second kappa shape index (κ2) is 5.82. The fourth-order valence-corrected chi connectivity index (χ4v) is 3.81. The number of nitrogens with zero attached hydrogens (tertiary/aromatic N) is 3. The Morgan fingerprint density at radius 1 is 1.12 bits per heavy atom. The van der Waals surface area contributed by atoms with Crippen molar-refractivity contribution in [3.63, 3.8) is 0 Å². The molecule has 0 fully saturated rings. The zero-order chi connectivity index (χ0) is 17.4. The number of guanidine groups is 1. The van der Waals surface area contributed by atoms with Gasteiger partial charge in [0.25, 0.3) is 5.91 Å². The highest BCUT2D eigenvalue weighted by molar-refractivity contribution is 7.08. The van der Waals surface area contributed by atoms with Gasteiger partial charge in [0, 0.05) is 25.0 Å². The number of aliphatic imine (C=N–C) groups is 1. The first-order chi connectivity index (χ1) is 12.1. The van der Waals surface area contributed by atoms with E-state index in [0.717, 1.165) is 22.3 Å². The molecule has 5 nitrogen and oxygen atoms in total. The van der Waals surface area contributed by atoms with Gasteiger partial charge in [-0.1, -0.05) is 24.3 Å². The average molecular weight is 348 g/mol. The van der Waals surface area contributed by atoms with Crippen LogP contribution in [0.4, 0.5) is 0 Å². The number of rotatable bonds is 3. The number of aromatic nitrogens is 1. The van der Waals surface area contributed by atoms with E-state index in [2.05, 4.69) is 9.98 Å². The molecule has 0 spiro atoms. The highest BCUT2D eigenvalue weighted by Crippen LogP contribution is 2.41. The van der Waals surface area contributed by atoms with Crippen molar-refractivity contribution in [2.75, 3.05) is 7.05 Å². The van der Waals surface area contributed by atoms with Gasteiger partial charge in [-0.05, 0) is 45.6 Å². The summed E-state index contributed by atoms with van der Waals surface area (Å²) in [5.74, 6) is 0.0784.